The number of nitrogens with one attached hydrogen (secondary N) is 1. The van der Waals surface area contributed by atoms with Gasteiger partial charge in [-0.05, 0) is 19.1 Å². The highest BCUT2D eigenvalue weighted by molar-refractivity contribution is 6.31. The molecular weight excluding hydrogens is 298 g/mol. The van der Waals surface area contributed by atoms with Crippen LogP contribution >= 0.6 is 11.6 Å². The molecule has 1 amide bonds. The number of carboxylic acid groups (broad SMARTS) is 1. The predicted molar refractivity (Wildman–Crippen MR) is 75.6 cm³/mol. The smallest absolute Gasteiger partial charge is 0.331 e. The van der Waals surface area contributed by atoms with Crippen molar-refractivity contribution in [3.63, 3.8) is 0 Å². The van der Waals surface area contributed by atoms with Gasteiger partial charge in [-0.2, -0.15) is 0 Å². The third kappa shape index (κ3) is 3.46. The molecule has 0 spiro atoms. The topological polar surface area (TPSA) is 84.9 Å². The molecule has 2 rings (SSSR count). The Morgan fingerprint density at radius 3 is 2.90 bits per heavy atom. The normalized spacial score (nSPS) is 21.0. The molecule has 1 aliphatic heterocycles. The summed E-state index contributed by atoms with van der Waals surface area (Å²) in [4.78, 5) is 23.2. The summed E-state index contributed by atoms with van der Waals surface area (Å²) in [6, 6.07) is 5.13. The number of benzene rings is 1. The summed E-state index contributed by atoms with van der Waals surface area (Å²) in [5.74, 6) is -1.13. The van der Waals surface area contributed by atoms with Gasteiger partial charge in [0, 0.05) is 23.6 Å². The number of hydrogen-bond acceptors (Lipinski definition) is 4. The molecule has 7 heteroatoms. The van der Waals surface area contributed by atoms with Gasteiger partial charge in [0.1, 0.15) is 5.75 Å². The number of ether oxygens (including phenoxy) is 2. The second-order valence-corrected chi connectivity index (χ2v) is 5.30. The third-order valence-corrected chi connectivity index (χ3v) is 3.80. The fraction of sp³-hybridized carbons (Fsp3) is 0.429. The van der Waals surface area contributed by atoms with E-state index in [0.29, 0.717) is 17.4 Å². The summed E-state index contributed by atoms with van der Waals surface area (Å²) in [6.45, 7) is 1.76. The first-order chi connectivity index (χ1) is 9.94. The van der Waals surface area contributed by atoms with E-state index in [9.17, 15) is 14.7 Å². The van der Waals surface area contributed by atoms with Gasteiger partial charge in [-0.15, -0.1) is 0 Å². The Labute approximate surface area is 127 Å². The van der Waals surface area contributed by atoms with E-state index in [1.165, 1.54) is 0 Å². The minimum atomic E-state index is -1.36. The maximum atomic E-state index is 11.9. The summed E-state index contributed by atoms with van der Waals surface area (Å²) >= 11 is 5.96. The van der Waals surface area contributed by atoms with E-state index >= 15 is 0 Å². The van der Waals surface area contributed by atoms with Crippen LogP contribution in [0.25, 0.3) is 0 Å². The summed E-state index contributed by atoms with van der Waals surface area (Å²) in [5, 5.41) is 12.2. The fourth-order valence-electron chi connectivity index (χ4n) is 2.08. The largest absolute Gasteiger partial charge is 0.483 e. The third-order valence-electron chi connectivity index (χ3n) is 3.39. The molecule has 0 aliphatic carbocycles. The zero-order valence-corrected chi connectivity index (χ0v) is 12.3. The first-order valence-corrected chi connectivity index (χ1v) is 6.82. The van der Waals surface area contributed by atoms with Gasteiger partial charge < -0.3 is 19.9 Å². The lowest BCUT2D eigenvalue weighted by Gasteiger charge is -2.23. The SMILES string of the molecule is Cc1c(Cl)cccc1OCC(=O)NC1(C(=O)O)CCOC1. The van der Waals surface area contributed by atoms with Crippen LogP contribution in [-0.4, -0.2) is 42.3 Å². The summed E-state index contributed by atoms with van der Waals surface area (Å²) in [6.07, 6.45) is 0.240. The Morgan fingerprint density at radius 1 is 1.52 bits per heavy atom. The molecule has 1 unspecified atom stereocenters. The lowest BCUT2D eigenvalue weighted by Crippen LogP contribution is -2.56. The zero-order chi connectivity index (χ0) is 15.5. The number of amides is 1. The Kier molecular flexibility index (Phi) is 4.69. The van der Waals surface area contributed by atoms with Crippen molar-refractivity contribution >= 4 is 23.5 Å². The minimum Gasteiger partial charge on any atom is -0.483 e. The molecule has 1 saturated heterocycles. The Bertz CT molecular complexity index is 554. The van der Waals surface area contributed by atoms with E-state index in [-0.39, 0.29) is 19.6 Å². The van der Waals surface area contributed by atoms with Gasteiger partial charge in [-0.25, -0.2) is 4.79 Å². The second-order valence-electron chi connectivity index (χ2n) is 4.89. The van der Waals surface area contributed by atoms with Crippen LogP contribution in [0.4, 0.5) is 0 Å². The van der Waals surface area contributed by atoms with Crippen molar-refractivity contribution in [3.8, 4) is 5.75 Å². The number of rotatable bonds is 5. The van der Waals surface area contributed by atoms with Crippen LogP contribution < -0.4 is 10.1 Å². The molecule has 0 radical (unpaired) electrons. The van der Waals surface area contributed by atoms with Crippen molar-refractivity contribution in [1.29, 1.82) is 0 Å². The lowest BCUT2D eigenvalue weighted by atomic mass is 9.99. The average Bonchev–Trinajstić information content (AvgIpc) is 2.90. The van der Waals surface area contributed by atoms with Gasteiger partial charge in [-0.3, -0.25) is 4.79 Å². The lowest BCUT2D eigenvalue weighted by molar-refractivity contribution is -0.148. The molecule has 114 valence electrons. The molecular formula is C14H16ClNO5. The number of aliphatic carboxylic acids is 1. The number of carbonyl (C=O) groups is 2. The molecule has 1 aromatic carbocycles. The second kappa shape index (κ2) is 6.32. The molecule has 0 aromatic heterocycles. The van der Waals surface area contributed by atoms with Crippen LogP contribution in [0.5, 0.6) is 5.75 Å². The van der Waals surface area contributed by atoms with Crippen LogP contribution in [0.2, 0.25) is 5.02 Å². The van der Waals surface area contributed by atoms with E-state index in [4.69, 9.17) is 21.1 Å². The zero-order valence-electron chi connectivity index (χ0n) is 11.5. The van der Waals surface area contributed by atoms with Crippen molar-refractivity contribution < 1.29 is 24.2 Å². The highest BCUT2D eigenvalue weighted by Crippen LogP contribution is 2.25. The number of halogens is 1. The van der Waals surface area contributed by atoms with Gasteiger partial charge in [0.2, 0.25) is 0 Å². The first-order valence-electron chi connectivity index (χ1n) is 6.45. The van der Waals surface area contributed by atoms with Gasteiger partial charge in [0.05, 0.1) is 6.61 Å². The van der Waals surface area contributed by atoms with E-state index in [2.05, 4.69) is 5.32 Å². The van der Waals surface area contributed by atoms with Crippen molar-refractivity contribution in [2.45, 2.75) is 18.9 Å². The number of carboxylic acids is 1. The standard InChI is InChI=1S/C14H16ClNO5/c1-9-10(15)3-2-4-11(9)21-7-12(17)16-14(13(18)19)5-6-20-8-14/h2-4H,5-8H2,1H3,(H,16,17)(H,18,19). The Morgan fingerprint density at radius 2 is 2.29 bits per heavy atom. The van der Waals surface area contributed by atoms with Gasteiger partial charge in [0.15, 0.2) is 12.1 Å². The molecule has 21 heavy (non-hydrogen) atoms. The number of hydrogen-bond donors (Lipinski definition) is 2. The predicted octanol–water partition coefficient (Wildman–Crippen LogP) is 1.39. The highest BCUT2D eigenvalue weighted by atomic mass is 35.5. The molecule has 6 nitrogen and oxygen atoms in total. The van der Waals surface area contributed by atoms with Crippen LogP contribution in [0.1, 0.15) is 12.0 Å². The summed E-state index contributed by atoms with van der Waals surface area (Å²) < 4.78 is 10.5. The van der Waals surface area contributed by atoms with Crippen molar-refractivity contribution in [3.05, 3.63) is 28.8 Å². The monoisotopic (exact) mass is 313 g/mol. The summed E-state index contributed by atoms with van der Waals surface area (Å²) in [7, 11) is 0. The van der Waals surface area contributed by atoms with Crippen LogP contribution in [0.3, 0.4) is 0 Å². The average molecular weight is 314 g/mol. The van der Waals surface area contributed by atoms with E-state index in [1.807, 2.05) is 0 Å². The molecule has 0 bridgehead atoms. The molecule has 1 aliphatic rings. The molecule has 1 aromatic rings. The molecule has 1 atom stereocenters. The van der Waals surface area contributed by atoms with E-state index in [0.717, 1.165) is 5.56 Å². The van der Waals surface area contributed by atoms with Crippen molar-refractivity contribution in [2.24, 2.45) is 0 Å². The van der Waals surface area contributed by atoms with Crippen LogP contribution in [-0.2, 0) is 14.3 Å². The summed E-state index contributed by atoms with van der Waals surface area (Å²) in [5.41, 5.74) is -0.631. The van der Waals surface area contributed by atoms with E-state index < -0.39 is 17.4 Å². The van der Waals surface area contributed by atoms with Gasteiger partial charge in [0.25, 0.3) is 5.91 Å². The van der Waals surface area contributed by atoms with E-state index in [1.54, 1.807) is 25.1 Å². The van der Waals surface area contributed by atoms with Crippen LogP contribution in [0, 0.1) is 6.92 Å². The maximum Gasteiger partial charge on any atom is 0.331 e. The first kappa shape index (κ1) is 15.6. The molecule has 1 fully saturated rings. The van der Waals surface area contributed by atoms with Crippen molar-refractivity contribution in [1.82, 2.24) is 5.32 Å². The highest BCUT2D eigenvalue weighted by Gasteiger charge is 2.43. The van der Waals surface area contributed by atoms with Crippen molar-refractivity contribution in [2.75, 3.05) is 19.8 Å². The fourth-order valence-corrected chi connectivity index (χ4v) is 2.24. The Hall–Kier alpha value is -1.79. The van der Waals surface area contributed by atoms with Crippen LogP contribution in [0.15, 0.2) is 18.2 Å². The quantitative estimate of drug-likeness (QED) is 0.858. The minimum absolute atomic E-state index is 0.0374. The Balaban J connectivity index is 1.96. The maximum absolute atomic E-state index is 11.9. The number of carbonyl (C=O) groups excluding carboxylic acids is 1. The van der Waals surface area contributed by atoms with Gasteiger partial charge >= 0.3 is 5.97 Å². The molecule has 1 heterocycles. The molecule has 0 saturated carbocycles. The van der Waals surface area contributed by atoms with Gasteiger partial charge in [-0.1, -0.05) is 17.7 Å². The molecule has 2 N–H and O–H groups in total.